The van der Waals surface area contributed by atoms with Crippen LogP contribution in [0.5, 0.6) is 0 Å². The molecule has 74 valence electrons. The van der Waals surface area contributed by atoms with Crippen LogP contribution in [0.2, 0.25) is 0 Å². The summed E-state index contributed by atoms with van der Waals surface area (Å²) in [6, 6.07) is 3.90. The van der Waals surface area contributed by atoms with Crippen molar-refractivity contribution in [3.63, 3.8) is 0 Å². The molecule has 14 heavy (non-hydrogen) atoms. The van der Waals surface area contributed by atoms with Crippen molar-refractivity contribution < 1.29 is 4.79 Å². The summed E-state index contributed by atoms with van der Waals surface area (Å²) in [6.45, 7) is 5.79. The molecule has 2 nitrogen and oxygen atoms in total. The fraction of sp³-hybridized carbons (Fsp3) is 0.364. The van der Waals surface area contributed by atoms with E-state index in [9.17, 15) is 4.79 Å². The highest BCUT2D eigenvalue weighted by molar-refractivity contribution is 9.10. The van der Waals surface area contributed by atoms with Gasteiger partial charge in [0.25, 0.3) is 0 Å². The van der Waals surface area contributed by atoms with Gasteiger partial charge in [-0.15, -0.1) is 0 Å². The van der Waals surface area contributed by atoms with Crippen LogP contribution in [0, 0.1) is 6.92 Å². The van der Waals surface area contributed by atoms with E-state index >= 15 is 0 Å². The van der Waals surface area contributed by atoms with Gasteiger partial charge in [0.1, 0.15) is 0 Å². The van der Waals surface area contributed by atoms with Crippen LogP contribution >= 0.6 is 15.9 Å². The first-order chi connectivity index (χ1) is 6.42. The minimum Gasteiger partial charge on any atom is -0.372 e. The van der Waals surface area contributed by atoms with E-state index in [1.807, 2.05) is 32.9 Å². The largest absolute Gasteiger partial charge is 0.372 e. The molecule has 1 aromatic carbocycles. The number of anilines is 1. The number of fused-ring (bicyclic) bond motifs is 1. The lowest BCUT2D eigenvalue weighted by molar-refractivity contribution is 0.0939. The van der Waals surface area contributed by atoms with Crippen LogP contribution < -0.4 is 5.32 Å². The Bertz CT molecular complexity index is 424. The maximum Gasteiger partial charge on any atom is 0.189 e. The zero-order valence-corrected chi connectivity index (χ0v) is 10.0. The smallest absolute Gasteiger partial charge is 0.189 e. The SMILES string of the molecule is Cc1cc2c(cc1Br)NC(C)(C)C2=O. The molecule has 1 aliphatic heterocycles. The Balaban J connectivity index is 2.61. The molecule has 0 fully saturated rings. The Labute approximate surface area is 91.8 Å². The molecule has 0 bridgehead atoms. The van der Waals surface area contributed by atoms with Crippen molar-refractivity contribution in [3.05, 3.63) is 27.7 Å². The molecule has 0 saturated heterocycles. The summed E-state index contributed by atoms with van der Waals surface area (Å²) >= 11 is 3.45. The molecule has 0 atom stereocenters. The van der Waals surface area contributed by atoms with Gasteiger partial charge < -0.3 is 5.32 Å². The molecule has 2 rings (SSSR count). The fourth-order valence-electron chi connectivity index (χ4n) is 1.70. The summed E-state index contributed by atoms with van der Waals surface area (Å²) in [5, 5.41) is 3.21. The fourth-order valence-corrected chi connectivity index (χ4v) is 2.05. The van der Waals surface area contributed by atoms with Crippen molar-refractivity contribution in [2.24, 2.45) is 0 Å². The molecule has 0 aromatic heterocycles. The van der Waals surface area contributed by atoms with E-state index in [0.29, 0.717) is 0 Å². The van der Waals surface area contributed by atoms with Gasteiger partial charge >= 0.3 is 0 Å². The molecular weight excluding hydrogens is 242 g/mol. The summed E-state index contributed by atoms with van der Waals surface area (Å²) in [7, 11) is 0. The molecule has 0 saturated carbocycles. The lowest BCUT2D eigenvalue weighted by atomic mass is 9.98. The first kappa shape index (κ1) is 9.71. The quantitative estimate of drug-likeness (QED) is 0.770. The number of halogens is 1. The van der Waals surface area contributed by atoms with Crippen LogP contribution in [-0.2, 0) is 0 Å². The van der Waals surface area contributed by atoms with Crippen LogP contribution in [-0.4, -0.2) is 11.3 Å². The Hall–Kier alpha value is -0.830. The van der Waals surface area contributed by atoms with Crippen LogP contribution in [0.15, 0.2) is 16.6 Å². The number of Topliss-reactive ketones (excluding diaryl/α,β-unsaturated/α-hetero) is 1. The van der Waals surface area contributed by atoms with Gasteiger partial charge in [0, 0.05) is 15.7 Å². The van der Waals surface area contributed by atoms with E-state index in [2.05, 4.69) is 21.2 Å². The molecule has 0 unspecified atom stereocenters. The number of benzene rings is 1. The standard InChI is InChI=1S/C11H12BrNO/c1-6-4-7-9(5-8(6)12)13-11(2,3)10(7)14/h4-5,13H,1-3H3. The number of carbonyl (C=O) groups excluding carboxylic acids is 1. The van der Waals surface area contributed by atoms with Gasteiger partial charge in [-0.05, 0) is 38.5 Å². The number of nitrogens with one attached hydrogen (secondary N) is 1. The van der Waals surface area contributed by atoms with Crippen molar-refractivity contribution in [1.82, 2.24) is 0 Å². The zero-order valence-electron chi connectivity index (χ0n) is 8.44. The molecular formula is C11H12BrNO. The molecule has 0 amide bonds. The summed E-state index contributed by atoms with van der Waals surface area (Å²) in [6.07, 6.45) is 0. The van der Waals surface area contributed by atoms with E-state index in [1.165, 1.54) is 0 Å². The predicted molar refractivity (Wildman–Crippen MR) is 60.9 cm³/mol. The number of carbonyl (C=O) groups is 1. The van der Waals surface area contributed by atoms with Crippen molar-refractivity contribution in [2.75, 3.05) is 5.32 Å². The monoisotopic (exact) mass is 253 g/mol. The normalized spacial score (nSPS) is 17.9. The van der Waals surface area contributed by atoms with Gasteiger partial charge in [0.15, 0.2) is 5.78 Å². The molecule has 1 aliphatic rings. The Morgan fingerprint density at radius 2 is 2.00 bits per heavy atom. The summed E-state index contributed by atoms with van der Waals surface area (Å²) in [5.74, 6) is 0.170. The average Bonchev–Trinajstić information content (AvgIpc) is 2.28. The van der Waals surface area contributed by atoms with Gasteiger partial charge in [-0.25, -0.2) is 0 Å². The molecule has 0 radical (unpaired) electrons. The van der Waals surface area contributed by atoms with Gasteiger partial charge in [-0.3, -0.25) is 4.79 Å². The van der Waals surface area contributed by atoms with Gasteiger partial charge in [-0.2, -0.15) is 0 Å². The second-order valence-corrected chi connectivity index (χ2v) is 5.08. The maximum atomic E-state index is 11.9. The van der Waals surface area contributed by atoms with E-state index < -0.39 is 5.54 Å². The van der Waals surface area contributed by atoms with Gasteiger partial charge in [0.2, 0.25) is 0 Å². The maximum absolute atomic E-state index is 11.9. The van der Waals surface area contributed by atoms with Crippen molar-refractivity contribution >= 4 is 27.4 Å². The highest BCUT2D eigenvalue weighted by Gasteiger charge is 2.37. The molecule has 0 aliphatic carbocycles. The first-order valence-corrected chi connectivity index (χ1v) is 5.34. The van der Waals surface area contributed by atoms with Crippen LogP contribution in [0.3, 0.4) is 0 Å². The lowest BCUT2D eigenvalue weighted by Crippen LogP contribution is -2.33. The highest BCUT2D eigenvalue weighted by atomic mass is 79.9. The Morgan fingerprint density at radius 1 is 1.36 bits per heavy atom. The molecule has 1 N–H and O–H groups in total. The number of rotatable bonds is 0. The van der Waals surface area contributed by atoms with Crippen LogP contribution in [0.25, 0.3) is 0 Å². The van der Waals surface area contributed by atoms with Crippen molar-refractivity contribution in [1.29, 1.82) is 0 Å². The predicted octanol–water partition coefficient (Wildman–Crippen LogP) is 3.14. The summed E-state index contributed by atoms with van der Waals surface area (Å²) in [4.78, 5) is 11.9. The summed E-state index contributed by atoms with van der Waals surface area (Å²) in [5.41, 5.74) is 2.36. The topological polar surface area (TPSA) is 29.1 Å². The zero-order chi connectivity index (χ0) is 10.5. The number of hydrogen-bond donors (Lipinski definition) is 1. The highest BCUT2D eigenvalue weighted by Crippen LogP contribution is 2.35. The number of aryl methyl sites for hydroxylation is 1. The average molecular weight is 254 g/mol. The third-order valence-electron chi connectivity index (χ3n) is 2.56. The van der Waals surface area contributed by atoms with Crippen LogP contribution in [0.4, 0.5) is 5.69 Å². The second-order valence-electron chi connectivity index (χ2n) is 4.23. The molecule has 0 spiro atoms. The van der Waals surface area contributed by atoms with Crippen molar-refractivity contribution in [2.45, 2.75) is 26.3 Å². The van der Waals surface area contributed by atoms with E-state index in [0.717, 1.165) is 21.3 Å². The van der Waals surface area contributed by atoms with E-state index in [1.54, 1.807) is 0 Å². The van der Waals surface area contributed by atoms with Gasteiger partial charge in [-0.1, -0.05) is 15.9 Å². The Morgan fingerprint density at radius 3 is 2.64 bits per heavy atom. The lowest BCUT2D eigenvalue weighted by Gasteiger charge is -2.15. The minimum atomic E-state index is -0.463. The third-order valence-corrected chi connectivity index (χ3v) is 3.41. The van der Waals surface area contributed by atoms with Crippen molar-refractivity contribution in [3.8, 4) is 0 Å². The van der Waals surface area contributed by atoms with Gasteiger partial charge in [0.05, 0.1) is 5.54 Å². The van der Waals surface area contributed by atoms with E-state index in [4.69, 9.17) is 0 Å². The van der Waals surface area contributed by atoms with Crippen LogP contribution in [0.1, 0.15) is 29.8 Å². The molecule has 1 heterocycles. The second kappa shape index (κ2) is 2.83. The minimum absolute atomic E-state index is 0.170. The molecule has 1 aromatic rings. The number of hydrogen-bond acceptors (Lipinski definition) is 2. The number of ketones is 1. The molecule has 3 heteroatoms. The summed E-state index contributed by atoms with van der Waals surface area (Å²) < 4.78 is 1.04. The Kier molecular flexibility index (Phi) is 1.96. The van der Waals surface area contributed by atoms with E-state index in [-0.39, 0.29) is 5.78 Å². The third kappa shape index (κ3) is 1.27. The first-order valence-electron chi connectivity index (χ1n) is 4.55.